The zero-order chi connectivity index (χ0) is 14.3. The van der Waals surface area contributed by atoms with Gasteiger partial charge in [0.15, 0.2) is 0 Å². The fourth-order valence-corrected chi connectivity index (χ4v) is 2.27. The smallest absolute Gasteiger partial charge is 0.125 e. The largest absolute Gasteiger partial charge is 0.507 e. The maximum atomic E-state index is 13.5. The number of aromatic nitrogens is 2. The minimum absolute atomic E-state index is 0.0788. The van der Waals surface area contributed by atoms with Crippen molar-refractivity contribution in [1.29, 1.82) is 0 Å². The minimum atomic E-state index is -0.339. The maximum absolute atomic E-state index is 13.5. The van der Waals surface area contributed by atoms with E-state index in [0.717, 1.165) is 5.52 Å². The van der Waals surface area contributed by atoms with Crippen molar-refractivity contribution in [3.63, 3.8) is 0 Å². The molecule has 0 aliphatic rings. The van der Waals surface area contributed by atoms with Gasteiger partial charge in [-0.2, -0.15) is 5.10 Å². The van der Waals surface area contributed by atoms with Gasteiger partial charge in [-0.15, -0.1) is 0 Å². The second-order valence-electron chi connectivity index (χ2n) is 4.52. The van der Waals surface area contributed by atoms with Crippen LogP contribution in [0.1, 0.15) is 0 Å². The highest BCUT2D eigenvalue weighted by Gasteiger charge is 2.15. The van der Waals surface area contributed by atoms with Crippen molar-refractivity contribution in [2.24, 2.45) is 7.05 Å². The molecule has 0 bridgehead atoms. The van der Waals surface area contributed by atoms with E-state index < -0.39 is 0 Å². The quantitative estimate of drug-likeness (QED) is 0.779. The molecule has 0 fully saturated rings. The lowest BCUT2D eigenvalue weighted by Crippen LogP contribution is -1.90. The number of aryl methyl sites for hydroxylation is 1. The molecular weight excluding hydrogens is 259 g/mol. The first-order valence-electron chi connectivity index (χ1n) is 6.10. The Balaban J connectivity index is 2.32. The normalized spacial score (nSPS) is 10.9. The fourth-order valence-electron chi connectivity index (χ4n) is 2.27. The molecule has 0 aliphatic carbocycles. The van der Waals surface area contributed by atoms with Crippen LogP contribution in [0, 0.1) is 5.82 Å². The number of hydrogen-bond donors (Lipinski definition) is 1. The van der Waals surface area contributed by atoms with Gasteiger partial charge in [-0.05, 0) is 36.4 Å². The van der Waals surface area contributed by atoms with Crippen molar-refractivity contribution < 1.29 is 14.2 Å². The summed E-state index contributed by atoms with van der Waals surface area (Å²) in [6.07, 6.45) is 0. The molecule has 20 heavy (non-hydrogen) atoms. The Kier molecular flexibility index (Phi) is 2.82. The summed E-state index contributed by atoms with van der Waals surface area (Å²) in [5.74, 6) is 0.345. The monoisotopic (exact) mass is 272 g/mol. The predicted molar refractivity (Wildman–Crippen MR) is 74.3 cm³/mol. The molecule has 0 saturated heterocycles. The van der Waals surface area contributed by atoms with Gasteiger partial charge in [0.25, 0.3) is 0 Å². The maximum Gasteiger partial charge on any atom is 0.125 e. The number of benzene rings is 2. The average Bonchev–Trinajstić information content (AvgIpc) is 2.76. The van der Waals surface area contributed by atoms with Crippen LogP contribution in [0.2, 0.25) is 0 Å². The van der Waals surface area contributed by atoms with Crippen molar-refractivity contribution in [1.82, 2.24) is 9.78 Å². The van der Waals surface area contributed by atoms with Crippen LogP contribution in [-0.2, 0) is 7.05 Å². The van der Waals surface area contributed by atoms with Crippen LogP contribution in [0.3, 0.4) is 0 Å². The highest BCUT2D eigenvalue weighted by molar-refractivity contribution is 5.95. The van der Waals surface area contributed by atoms with E-state index in [1.165, 1.54) is 18.2 Å². The van der Waals surface area contributed by atoms with E-state index in [0.29, 0.717) is 22.4 Å². The van der Waals surface area contributed by atoms with Gasteiger partial charge in [0.2, 0.25) is 0 Å². The molecule has 1 aromatic heterocycles. The van der Waals surface area contributed by atoms with E-state index in [4.69, 9.17) is 4.74 Å². The summed E-state index contributed by atoms with van der Waals surface area (Å²) in [6, 6.07) is 9.34. The highest BCUT2D eigenvalue weighted by Crippen LogP contribution is 2.36. The van der Waals surface area contributed by atoms with E-state index in [9.17, 15) is 9.50 Å². The van der Waals surface area contributed by atoms with Gasteiger partial charge in [0.05, 0.1) is 12.6 Å². The van der Waals surface area contributed by atoms with Crippen LogP contribution in [0.4, 0.5) is 4.39 Å². The standard InChI is InChI=1S/C15H13FN2O2/c1-18-13-5-3-9(16)7-11(13)15(17-18)12-8-10(20-2)4-6-14(12)19/h3-8,19H,1-2H3. The Hall–Kier alpha value is -2.56. The second-order valence-corrected chi connectivity index (χ2v) is 4.52. The van der Waals surface area contributed by atoms with Crippen LogP contribution < -0.4 is 4.74 Å². The first kappa shape index (κ1) is 12.5. The predicted octanol–water partition coefficient (Wildman–Crippen LogP) is 3.09. The topological polar surface area (TPSA) is 47.3 Å². The minimum Gasteiger partial charge on any atom is -0.507 e. The lowest BCUT2D eigenvalue weighted by Gasteiger charge is -2.05. The van der Waals surface area contributed by atoms with Crippen molar-refractivity contribution in [2.45, 2.75) is 0 Å². The lowest BCUT2D eigenvalue weighted by molar-refractivity contribution is 0.412. The summed E-state index contributed by atoms with van der Waals surface area (Å²) in [7, 11) is 3.33. The number of hydrogen-bond acceptors (Lipinski definition) is 3. The number of aromatic hydroxyl groups is 1. The van der Waals surface area contributed by atoms with Crippen molar-refractivity contribution >= 4 is 10.9 Å². The second kappa shape index (κ2) is 4.52. The van der Waals surface area contributed by atoms with Crippen LogP contribution >= 0.6 is 0 Å². The molecular formula is C15H13FN2O2. The molecule has 0 saturated carbocycles. The average molecular weight is 272 g/mol. The SMILES string of the molecule is COc1ccc(O)c(-c2nn(C)c3ccc(F)cc23)c1. The van der Waals surface area contributed by atoms with E-state index in [-0.39, 0.29) is 11.6 Å². The molecule has 1 heterocycles. The molecule has 5 heteroatoms. The summed E-state index contributed by atoms with van der Waals surface area (Å²) in [5.41, 5.74) is 1.84. The Morgan fingerprint density at radius 2 is 2.00 bits per heavy atom. The summed E-state index contributed by atoms with van der Waals surface area (Å²) >= 11 is 0. The molecule has 0 aliphatic heterocycles. The number of methoxy groups -OCH3 is 1. The third-order valence-electron chi connectivity index (χ3n) is 3.27. The van der Waals surface area contributed by atoms with E-state index in [1.807, 2.05) is 0 Å². The molecule has 3 rings (SSSR count). The van der Waals surface area contributed by atoms with Gasteiger partial charge >= 0.3 is 0 Å². The summed E-state index contributed by atoms with van der Waals surface area (Å²) in [5, 5.41) is 15.0. The molecule has 0 atom stereocenters. The van der Waals surface area contributed by atoms with Crippen LogP contribution in [0.5, 0.6) is 11.5 Å². The van der Waals surface area contributed by atoms with Crippen LogP contribution in [0.25, 0.3) is 22.2 Å². The fraction of sp³-hybridized carbons (Fsp3) is 0.133. The zero-order valence-electron chi connectivity index (χ0n) is 11.1. The molecule has 1 N–H and O–H groups in total. The number of nitrogens with zero attached hydrogens (tertiary/aromatic N) is 2. The van der Waals surface area contributed by atoms with Gasteiger partial charge in [-0.1, -0.05) is 0 Å². The number of halogens is 1. The molecule has 4 nitrogen and oxygen atoms in total. The molecule has 0 amide bonds. The summed E-state index contributed by atoms with van der Waals surface area (Å²) in [6.45, 7) is 0. The van der Waals surface area contributed by atoms with Gasteiger partial charge in [-0.3, -0.25) is 4.68 Å². The number of fused-ring (bicyclic) bond motifs is 1. The summed E-state index contributed by atoms with van der Waals surface area (Å²) in [4.78, 5) is 0. The van der Waals surface area contributed by atoms with Crippen molar-refractivity contribution in [2.75, 3.05) is 7.11 Å². The first-order valence-corrected chi connectivity index (χ1v) is 6.10. The molecule has 2 aromatic carbocycles. The Labute approximate surface area is 115 Å². The molecule has 0 radical (unpaired) electrons. The van der Waals surface area contributed by atoms with Gasteiger partial charge < -0.3 is 9.84 Å². The Bertz CT molecular complexity index is 796. The Morgan fingerprint density at radius 1 is 1.20 bits per heavy atom. The van der Waals surface area contributed by atoms with Gasteiger partial charge in [0.1, 0.15) is 23.0 Å². The Morgan fingerprint density at radius 3 is 2.75 bits per heavy atom. The number of ether oxygens (including phenoxy) is 1. The van der Waals surface area contributed by atoms with Crippen LogP contribution in [0.15, 0.2) is 36.4 Å². The zero-order valence-corrected chi connectivity index (χ0v) is 11.1. The van der Waals surface area contributed by atoms with E-state index >= 15 is 0 Å². The lowest BCUT2D eigenvalue weighted by atomic mass is 10.1. The van der Waals surface area contributed by atoms with Crippen molar-refractivity contribution in [3.05, 3.63) is 42.2 Å². The molecule has 102 valence electrons. The van der Waals surface area contributed by atoms with Gasteiger partial charge in [0, 0.05) is 18.0 Å². The summed E-state index contributed by atoms with van der Waals surface area (Å²) < 4.78 is 20.3. The van der Waals surface area contributed by atoms with Crippen LogP contribution in [-0.4, -0.2) is 22.0 Å². The third-order valence-corrected chi connectivity index (χ3v) is 3.27. The molecule has 0 spiro atoms. The third kappa shape index (κ3) is 1.87. The molecule has 0 unspecified atom stereocenters. The van der Waals surface area contributed by atoms with Gasteiger partial charge in [-0.25, -0.2) is 4.39 Å². The number of rotatable bonds is 2. The number of phenolic OH excluding ortho intramolecular Hbond substituents is 1. The van der Waals surface area contributed by atoms with E-state index in [1.54, 1.807) is 37.0 Å². The molecule has 3 aromatic rings. The van der Waals surface area contributed by atoms with E-state index in [2.05, 4.69) is 5.10 Å². The highest BCUT2D eigenvalue weighted by atomic mass is 19.1. The number of phenols is 1. The first-order chi connectivity index (χ1) is 9.60. The van der Waals surface area contributed by atoms with Crippen molar-refractivity contribution in [3.8, 4) is 22.8 Å².